The Morgan fingerprint density at radius 3 is 2.45 bits per heavy atom. The van der Waals surface area contributed by atoms with Crippen molar-refractivity contribution in [2.24, 2.45) is 5.10 Å². The van der Waals surface area contributed by atoms with Crippen LogP contribution in [0.3, 0.4) is 0 Å². The van der Waals surface area contributed by atoms with Crippen LogP contribution in [0.15, 0.2) is 53.3 Å². The van der Waals surface area contributed by atoms with Crippen molar-refractivity contribution >= 4 is 52.7 Å². The van der Waals surface area contributed by atoms with Crippen LogP contribution in [0.4, 0.5) is 0 Å². The lowest BCUT2D eigenvalue weighted by atomic mass is 9.88. The van der Waals surface area contributed by atoms with Gasteiger partial charge in [0.15, 0.2) is 11.5 Å². The van der Waals surface area contributed by atoms with Gasteiger partial charge < -0.3 is 15.2 Å². The maximum absolute atomic E-state index is 13.0. The summed E-state index contributed by atoms with van der Waals surface area (Å²) in [7, 11) is 1.22. The lowest BCUT2D eigenvalue weighted by Gasteiger charge is -2.32. The highest BCUT2D eigenvalue weighted by Gasteiger charge is 2.35. The largest absolute Gasteiger partial charge is 0.505 e. The van der Waals surface area contributed by atoms with Gasteiger partial charge in [-0.1, -0.05) is 54.4 Å². The van der Waals surface area contributed by atoms with Crippen molar-refractivity contribution in [2.45, 2.75) is 20.3 Å². The van der Waals surface area contributed by atoms with Crippen LogP contribution in [0.2, 0.25) is 10.0 Å². The number of benzene rings is 2. The van der Waals surface area contributed by atoms with Gasteiger partial charge in [-0.25, -0.2) is 5.01 Å². The molecule has 0 aromatic heterocycles. The molecular weight excluding hydrogens is 465 g/mol. The zero-order valence-corrected chi connectivity index (χ0v) is 19.9. The number of rotatable bonds is 6. The molecule has 7 nitrogen and oxygen atoms in total. The van der Waals surface area contributed by atoms with Crippen LogP contribution in [-0.2, 0) is 14.3 Å². The normalized spacial score (nSPS) is 14.6. The summed E-state index contributed by atoms with van der Waals surface area (Å²) >= 11 is 12.5. The number of fused-ring (bicyclic) bond motifs is 1. The Morgan fingerprint density at radius 1 is 1.18 bits per heavy atom. The number of nitrogens with zero attached hydrogens (tertiary/aromatic N) is 2. The summed E-state index contributed by atoms with van der Waals surface area (Å²) in [6.45, 7) is 3.30. The predicted octanol–water partition coefficient (Wildman–Crippen LogP) is 5.25. The Bertz CT molecular complexity index is 1170. The molecule has 0 radical (unpaired) electrons. The molecule has 2 aromatic rings. The highest BCUT2D eigenvalue weighted by molar-refractivity contribution is 6.35. The van der Waals surface area contributed by atoms with E-state index >= 15 is 0 Å². The number of hydrogen-bond acceptors (Lipinski definition) is 6. The first-order chi connectivity index (χ1) is 15.8. The summed E-state index contributed by atoms with van der Waals surface area (Å²) < 4.78 is 4.58. The van der Waals surface area contributed by atoms with Crippen LogP contribution < -0.4 is 5.32 Å². The number of aliphatic hydroxyl groups excluding tert-OH is 1. The van der Waals surface area contributed by atoms with Crippen molar-refractivity contribution in [1.82, 2.24) is 10.3 Å². The summed E-state index contributed by atoms with van der Waals surface area (Å²) in [6.07, 6.45) is 4.04. The summed E-state index contributed by atoms with van der Waals surface area (Å²) in [4.78, 5) is 24.5. The van der Waals surface area contributed by atoms with E-state index in [9.17, 15) is 14.7 Å². The van der Waals surface area contributed by atoms with Gasteiger partial charge in [0.25, 0.3) is 5.91 Å². The lowest BCUT2D eigenvalue weighted by Crippen LogP contribution is -2.38. The topological polar surface area (TPSA) is 91.2 Å². The van der Waals surface area contributed by atoms with Gasteiger partial charge >= 0.3 is 5.97 Å². The predicted molar refractivity (Wildman–Crippen MR) is 131 cm³/mol. The molecule has 0 spiro atoms. The van der Waals surface area contributed by atoms with Crippen molar-refractivity contribution in [3.8, 4) is 11.1 Å². The molecule has 3 rings (SSSR count). The molecule has 0 atom stereocenters. The van der Waals surface area contributed by atoms with Crippen LogP contribution in [-0.4, -0.2) is 41.9 Å². The van der Waals surface area contributed by atoms with Gasteiger partial charge in [0.2, 0.25) is 0 Å². The minimum absolute atomic E-state index is 0.106. The van der Waals surface area contributed by atoms with Gasteiger partial charge in [0.1, 0.15) is 6.54 Å². The molecule has 1 amide bonds. The zero-order chi connectivity index (χ0) is 24.1. The smallest absolute Gasteiger partial charge is 0.325 e. The molecule has 1 heterocycles. The number of halogens is 2. The van der Waals surface area contributed by atoms with E-state index in [4.69, 9.17) is 23.2 Å². The SMILES string of the molecule is C/C=N\N1C(C(=O)NCC(=O)OC)=C(O)c2cccc(-c3cc(Cl)cc(Cl)c3)c2/C1=C\CC. The van der Waals surface area contributed by atoms with Gasteiger partial charge in [-0.2, -0.15) is 5.10 Å². The third-order valence-electron chi connectivity index (χ3n) is 4.88. The molecular formula is C24H23Cl2N3O4. The average molecular weight is 488 g/mol. The van der Waals surface area contributed by atoms with Crippen LogP contribution in [0.25, 0.3) is 22.6 Å². The number of hydrazone groups is 1. The first kappa shape index (κ1) is 24.4. The van der Waals surface area contributed by atoms with E-state index in [-0.39, 0.29) is 18.0 Å². The Balaban J connectivity index is 2.27. The Morgan fingerprint density at radius 2 is 1.85 bits per heavy atom. The zero-order valence-electron chi connectivity index (χ0n) is 18.4. The number of methoxy groups -OCH3 is 1. The third-order valence-corrected chi connectivity index (χ3v) is 5.31. The molecule has 1 aliphatic heterocycles. The molecule has 2 N–H and O–H groups in total. The maximum atomic E-state index is 13.0. The van der Waals surface area contributed by atoms with Crippen molar-refractivity contribution < 1.29 is 19.4 Å². The third kappa shape index (κ3) is 5.05. The Hall–Kier alpha value is -3.29. The van der Waals surface area contributed by atoms with Gasteiger partial charge in [-0.05, 0) is 42.7 Å². The van der Waals surface area contributed by atoms with Crippen molar-refractivity contribution in [1.29, 1.82) is 0 Å². The van der Waals surface area contributed by atoms with E-state index in [1.807, 2.05) is 19.1 Å². The Labute approximate surface area is 201 Å². The quantitative estimate of drug-likeness (QED) is 0.428. The number of amides is 1. The van der Waals surface area contributed by atoms with E-state index in [0.717, 1.165) is 11.1 Å². The molecule has 0 bridgehead atoms. The van der Waals surface area contributed by atoms with E-state index in [1.54, 1.807) is 37.3 Å². The second kappa shape index (κ2) is 10.6. The first-order valence-electron chi connectivity index (χ1n) is 10.2. The fraction of sp³-hybridized carbons (Fsp3) is 0.208. The highest BCUT2D eigenvalue weighted by atomic mass is 35.5. The van der Waals surface area contributed by atoms with E-state index in [0.29, 0.717) is 33.3 Å². The Kier molecular flexibility index (Phi) is 7.79. The van der Waals surface area contributed by atoms with Crippen LogP contribution >= 0.6 is 23.2 Å². The second-order valence-corrected chi connectivity index (χ2v) is 7.90. The van der Waals surface area contributed by atoms with Crippen molar-refractivity contribution in [3.63, 3.8) is 0 Å². The van der Waals surface area contributed by atoms with Gasteiger partial charge in [-0.15, -0.1) is 0 Å². The number of hydrogen-bond donors (Lipinski definition) is 2. The van der Waals surface area contributed by atoms with E-state index < -0.39 is 11.9 Å². The summed E-state index contributed by atoms with van der Waals surface area (Å²) in [6, 6.07) is 10.6. The molecule has 9 heteroatoms. The number of esters is 1. The summed E-state index contributed by atoms with van der Waals surface area (Å²) in [5.41, 5.74) is 3.11. The summed E-state index contributed by atoms with van der Waals surface area (Å²) in [5, 5.41) is 20.3. The number of carbonyl (C=O) groups excluding carboxylic acids is 2. The number of nitrogens with one attached hydrogen (secondary N) is 1. The fourth-order valence-electron chi connectivity index (χ4n) is 3.56. The minimum Gasteiger partial charge on any atom is -0.505 e. The molecule has 1 aliphatic rings. The van der Waals surface area contributed by atoms with Crippen LogP contribution in [0.5, 0.6) is 0 Å². The monoisotopic (exact) mass is 487 g/mol. The number of ether oxygens (including phenoxy) is 1. The highest BCUT2D eigenvalue weighted by Crippen LogP contribution is 2.43. The average Bonchev–Trinajstić information content (AvgIpc) is 2.79. The minimum atomic E-state index is -0.674. The summed E-state index contributed by atoms with van der Waals surface area (Å²) in [5.74, 6) is -1.57. The molecule has 172 valence electrons. The number of aliphatic hydroxyl groups is 1. The first-order valence-corrected chi connectivity index (χ1v) is 10.9. The van der Waals surface area contributed by atoms with E-state index in [2.05, 4.69) is 15.2 Å². The molecule has 0 unspecified atom stereocenters. The number of allylic oxidation sites excluding steroid dienone is 1. The van der Waals surface area contributed by atoms with Crippen molar-refractivity contribution in [2.75, 3.05) is 13.7 Å². The standard InChI is InChI=1S/C24H23Cl2N3O4/c1-4-7-19-21-17(14-10-15(25)12-16(26)11-14)8-6-9-18(21)23(31)22(29(19)28-5-2)24(32)27-13-20(30)33-3/h5-12,31H,4,13H2,1-3H3,(H,27,32)/b19-7+,28-5-. The molecule has 0 aliphatic carbocycles. The molecule has 2 aromatic carbocycles. The molecule has 0 fully saturated rings. The number of carbonyl (C=O) groups is 2. The lowest BCUT2D eigenvalue weighted by molar-refractivity contribution is -0.140. The van der Waals surface area contributed by atoms with Crippen LogP contribution in [0, 0.1) is 0 Å². The molecule has 0 saturated heterocycles. The van der Waals surface area contributed by atoms with Gasteiger partial charge in [0, 0.05) is 27.4 Å². The maximum Gasteiger partial charge on any atom is 0.325 e. The fourth-order valence-corrected chi connectivity index (χ4v) is 4.09. The van der Waals surface area contributed by atoms with E-state index in [1.165, 1.54) is 18.3 Å². The molecule has 0 saturated carbocycles. The van der Waals surface area contributed by atoms with Crippen LogP contribution in [0.1, 0.15) is 31.4 Å². The molecule has 33 heavy (non-hydrogen) atoms. The second-order valence-electron chi connectivity index (χ2n) is 7.03. The van der Waals surface area contributed by atoms with Gasteiger partial charge in [-0.3, -0.25) is 9.59 Å². The van der Waals surface area contributed by atoms with Crippen molar-refractivity contribution in [3.05, 3.63) is 69.3 Å². The van der Waals surface area contributed by atoms with Gasteiger partial charge in [0.05, 0.1) is 12.8 Å².